The van der Waals surface area contributed by atoms with E-state index in [9.17, 15) is 4.79 Å². The van der Waals surface area contributed by atoms with Crippen LogP contribution in [0.3, 0.4) is 0 Å². The maximum atomic E-state index is 13.1. The minimum atomic E-state index is -0.219. The van der Waals surface area contributed by atoms with Gasteiger partial charge in [-0.3, -0.25) is 4.79 Å². The van der Waals surface area contributed by atoms with Crippen LogP contribution in [0.5, 0.6) is 5.75 Å². The van der Waals surface area contributed by atoms with Gasteiger partial charge in [-0.15, -0.1) is 0 Å². The Kier molecular flexibility index (Phi) is 3.15. The van der Waals surface area contributed by atoms with E-state index in [1.54, 1.807) is 7.11 Å². The summed E-state index contributed by atoms with van der Waals surface area (Å²) in [5.74, 6) is 0.870. The van der Waals surface area contributed by atoms with Gasteiger partial charge < -0.3 is 15.4 Å². The number of carbonyl (C=O) groups is 1. The summed E-state index contributed by atoms with van der Waals surface area (Å²) in [7, 11) is 1.65. The lowest BCUT2D eigenvalue weighted by Crippen LogP contribution is -2.26. The van der Waals surface area contributed by atoms with Crippen LogP contribution in [0, 0.1) is 0 Å². The number of amides is 1. The monoisotopic (exact) mass is 344 g/mol. The van der Waals surface area contributed by atoms with Gasteiger partial charge in [-0.25, -0.2) is 0 Å². The van der Waals surface area contributed by atoms with Crippen molar-refractivity contribution in [2.24, 2.45) is 5.73 Å². The quantitative estimate of drug-likeness (QED) is 0.779. The molecule has 0 unspecified atom stereocenters. The van der Waals surface area contributed by atoms with Gasteiger partial charge in [-0.1, -0.05) is 30.3 Å². The summed E-state index contributed by atoms with van der Waals surface area (Å²) in [6.45, 7) is 0.541. The van der Waals surface area contributed by atoms with E-state index < -0.39 is 0 Å². The maximum Gasteiger partial charge on any atom is 0.259 e. The topological polar surface area (TPSA) is 55.6 Å². The highest BCUT2D eigenvalue weighted by Crippen LogP contribution is 2.49. The summed E-state index contributed by atoms with van der Waals surface area (Å²) < 4.78 is 5.22. The third-order valence-electron chi connectivity index (χ3n) is 5.61. The molecule has 1 fully saturated rings. The van der Waals surface area contributed by atoms with Crippen LogP contribution in [0.4, 0.5) is 5.69 Å². The van der Waals surface area contributed by atoms with E-state index in [4.69, 9.17) is 10.5 Å². The predicted octanol–water partition coefficient (Wildman–Crippen LogP) is 3.96. The van der Waals surface area contributed by atoms with Crippen LogP contribution in [0.25, 0.3) is 10.8 Å². The van der Waals surface area contributed by atoms with Crippen LogP contribution < -0.4 is 15.4 Å². The third kappa shape index (κ3) is 2.15. The zero-order valence-electron chi connectivity index (χ0n) is 14.7. The van der Waals surface area contributed by atoms with Gasteiger partial charge in [0, 0.05) is 16.5 Å². The molecule has 1 aliphatic carbocycles. The first-order valence-corrected chi connectivity index (χ1v) is 8.91. The van der Waals surface area contributed by atoms with Gasteiger partial charge in [0.15, 0.2) is 0 Å². The van der Waals surface area contributed by atoms with Gasteiger partial charge in [0.05, 0.1) is 19.3 Å². The van der Waals surface area contributed by atoms with Crippen molar-refractivity contribution in [2.45, 2.75) is 24.9 Å². The minimum Gasteiger partial charge on any atom is -0.497 e. The van der Waals surface area contributed by atoms with Crippen molar-refractivity contribution in [2.75, 3.05) is 12.0 Å². The summed E-state index contributed by atoms with van der Waals surface area (Å²) in [6, 6.07) is 18.0. The Hall–Kier alpha value is -2.85. The molecule has 4 heteroatoms. The van der Waals surface area contributed by atoms with Crippen molar-refractivity contribution in [1.29, 1.82) is 0 Å². The lowest BCUT2D eigenvalue weighted by atomic mass is 9.95. The maximum absolute atomic E-state index is 13.1. The molecule has 0 bridgehead atoms. The number of nitrogens with two attached hydrogens (primary N) is 1. The summed E-state index contributed by atoms with van der Waals surface area (Å²) in [5.41, 5.74) is 10.2. The molecule has 130 valence electrons. The lowest BCUT2D eigenvalue weighted by molar-refractivity contribution is 0.0991. The first kappa shape index (κ1) is 15.4. The van der Waals surface area contributed by atoms with Crippen molar-refractivity contribution in [1.82, 2.24) is 0 Å². The second kappa shape index (κ2) is 5.32. The number of ether oxygens (including phenoxy) is 1. The van der Waals surface area contributed by atoms with Crippen molar-refractivity contribution in [3.63, 3.8) is 0 Å². The number of carbonyl (C=O) groups excluding carboxylic acids is 1. The number of hydrogen-bond donors (Lipinski definition) is 1. The molecule has 2 aliphatic rings. The summed E-state index contributed by atoms with van der Waals surface area (Å²) in [6.07, 6.45) is 2.02. The molecule has 2 N–H and O–H groups in total. The third-order valence-corrected chi connectivity index (χ3v) is 5.61. The standard InChI is InChI=1S/C22H20N2O2/c1-26-15-7-5-14(6-8-15)13-24-19-10-9-18(22(23)11-12-22)16-3-2-4-17(20(16)19)21(24)25/h2-10H,11-13,23H2,1H3. The molecule has 1 saturated carbocycles. The largest absolute Gasteiger partial charge is 0.497 e. The number of nitrogens with zero attached hydrogens (tertiary/aromatic N) is 1. The molecule has 0 spiro atoms. The van der Waals surface area contributed by atoms with Gasteiger partial charge in [0.25, 0.3) is 5.91 Å². The van der Waals surface area contributed by atoms with Crippen molar-refractivity contribution >= 4 is 22.4 Å². The van der Waals surface area contributed by atoms with E-state index in [2.05, 4.69) is 18.2 Å². The Bertz CT molecular complexity index is 1040. The number of anilines is 1. The Morgan fingerprint density at radius 2 is 1.85 bits per heavy atom. The number of methoxy groups -OCH3 is 1. The first-order chi connectivity index (χ1) is 12.6. The fourth-order valence-electron chi connectivity index (χ4n) is 3.95. The lowest BCUT2D eigenvalue weighted by Gasteiger charge is -2.19. The molecule has 5 rings (SSSR count). The van der Waals surface area contributed by atoms with Crippen LogP contribution in [-0.2, 0) is 12.1 Å². The van der Waals surface area contributed by atoms with E-state index >= 15 is 0 Å². The number of benzene rings is 3. The highest BCUT2D eigenvalue weighted by molar-refractivity contribution is 6.25. The van der Waals surface area contributed by atoms with Crippen molar-refractivity contribution < 1.29 is 9.53 Å². The fraction of sp³-hybridized carbons (Fsp3) is 0.227. The zero-order chi connectivity index (χ0) is 17.9. The van der Waals surface area contributed by atoms with Crippen LogP contribution in [0.15, 0.2) is 54.6 Å². The molecule has 4 nitrogen and oxygen atoms in total. The van der Waals surface area contributed by atoms with Gasteiger partial charge >= 0.3 is 0 Å². The summed E-state index contributed by atoms with van der Waals surface area (Å²) >= 11 is 0. The van der Waals surface area contributed by atoms with Gasteiger partial charge in [0.2, 0.25) is 0 Å². The van der Waals surface area contributed by atoms with Gasteiger partial charge in [-0.05, 0) is 53.6 Å². The highest BCUT2D eigenvalue weighted by atomic mass is 16.5. The molecule has 26 heavy (non-hydrogen) atoms. The van der Waals surface area contributed by atoms with Gasteiger partial charge in [-0.2, -0.15) is 0 Å². The van der Waals surface area contributed by atoms with E-state index in [1.807, 2.05) is 41.3 Å². The molecule has 3 aromatic rings. The van der Waals surface area contributed by atoms with E-state index in [0.717, 1.165) is 51.7 Å². The average Bonchev–Trinajstić information content (AvgIpc) is 3.37. The smallest absolute Gasteiger partial charge is 0.259 e. The second-order valence-electron chi connectivity index (χ2n) is 7.26. The van der Waals surface area contributed by atoms with Crippen LogP contribution in [0.1, 0.15) is 34.3 Å². The Morgan fingerprint density at radius 1 is 1.08 bits per heavy atom. The molecule has 0 aromatic heterocycles. The van der Waals surface area contributed by atoms with E-state index in [-0.39, 0.29) is 11.4 Å². The average molecular weight is 344 g/mol. The molecule has 1 heterocycles. The molecule has 1 amide bonds. The molecule has 1 aliphatic heterocycles. The van der Waals surface area contributed by atoms with E-state index in [0.29, 0.717) is 6.54 Å². The predicted molar refractivity (Wildman–Crippen MR) is 103 cm³/mol. The molecule has 0 radical (unpaired) electrons. The minimum absolute atomic E-state index is 0.0560. The van der Waals surface area contributed by atoms with Crippen molar-refractivity contribution in [3.05, 3.63) is 71.3 Å². The zero-order valence-corrected chi connectivity index (χ0v) is 14.7. The van der Waals surface area contributed by atoms with Gasteiger partial charge in [0.1, 0.15) is 5.75 Å². The van der Waals surface area contributed by atoms with Crippen LogP contribution in [-0.4, -0.2) is 13.0 Å². The Morgan fingerprint density at radius 3 is 2.54 bits per heavy atom. The first-order valence-electron chi connectivity index (χ1n) is 8.91. The molecule has 3 aromatic carbocycles. The summed E-state index contributed by atoms with van der Waals surface area (Å²) in [5, 5.41) is 2.16. The normalized spacial score (nSPS) is 17.0. The highest BCUT2D eigenvalue weighted by Gasteiger charge is 2.42. The molecular weight excluding hydrogens is 324 g/mol. The Balaban J connectivity index is 1.59. The molecule has 0 atom stereocenters. The Labute approximate surface area is 152 Å². The molecular formula is C22H20N2O2. The van der Waals surface area contributed by atoms with Crippen molar-refractivity contribution in [3.8, 4) is 5.75 Å². The van der Waals surface area contributed by atoms with Crippen LogP contribution >= 0.6 is 0 Å². The number of hydrogen-bond acceptors (Lipinski definition) is 3. The fourth-order valence-corrected chi connectivity index (χ4v) is 3.95. The molecule has 0 saturated heterocycles. The van der Waals surface area contributed by atoms with E-state index in [1.165, 1.54) is 0 Å². The SMILES string of the molecule is COc1ccc(CN2C(=O)c3cccc4c(C5(N)CC5)ccc2c34)cc1. The number of rotatable bonds is 4. The second-order valence-corrected chi connectivity index (χ2v) is 7.26. The van der Waals surface area contributed by atoms with Crippen LogP contribution in [0.2, 0.25) is 0 Å². The summed E-state index contributed by atoms with van der Waals surface area (Å²) in [4.78, 5) is 14.9.